The van der Waals surface area contributed by atoms with E-state index in [9.17, 15) is 4.39 Å². The van der Waals surface area contributed by atoms with Gasteiger partial charge < -0.3 is 10.1 Å². The minimum atomic E-state index is -0.262. The Hall–Kier alpha value is -0.840. The molecule has 0 saturated carbocycles. The summed E-state index contributed by atoms with van der Waals surface area (Å²) in [7, 11) is 0. The van der Waals surface area contributed by atoms with Crippen LogP contribution in [-0.2, 0) is 6.42 Å². The Bertz CT molecular complexity index is 438. The van der Waals surface area contributed by atoms with Crippen LogP contribution in [0.4, 0.5) is 4.39 Å². The molecule has 0 unspecified atom stereocenters. The van der Waals surface area contributed by atoms with Crippen molar-refractivity contribution in [2.75, 3.05) is 39.5 Å². The first kappa shape index (κ1) is 15.5. The maximum Gasteiger partial charge on any atom is 0.122 e. The summed E-state index contributed by atoms with van der Waals surface area (Å²) in [6, 6.07) is 6.57. The van der Waals surface area contributed by atoms with Crippen molar-refractivity contribution in [1.29, 1.82) is 0 Å². The van der Waals surface area contributed by atoms with Gasteiger partial charge >= 0.3 is 0 Å². The first-order valence-corrected chi connectivity index (χ1v) is 7.15. The van der Waals surface area contributed by atoms with E-state index in [1.54, 1.807) is 0 Å². The van der Waals surface area contributed by atoms with E-state index < -0.39 is 0 Å². The summed E-state index contributed by atoms with van der Waals surface area (Å²) in [4.78, 5) is 2.40. The van der Waals surface area contributed by atoms with E-state index in [0.29, 0.717) is 6.42 Å². The summed E-state index contributed by atoms with van der Waals surface area (Å²) >= 11 is 0. The molecule has 0 spiro atoms. The number of benzene rings is 1. The van der Waals surface area contributed by atoms with E-state index in [4.69, 9.17) is 4.74 Å². The van der Waals surface area contributed by atoms with Gasteiger partial charge in [0, 0.05) is 38.6 Å². The van der Waals surface area contributed by atoms with Crippen LogP contribution in [0.1, 0.15) is 23.6 Å². The highest BCUT2D eigenvalue weighted by atomic mass is 35.5. The van der Waals surface area contributed by atoms with Gasteiger partial charge in [0.2, 0.25) is 0 Å². The number of alkyl halides is 1. The van der Waals surface area contributed by atoms with Gasteiger partial charge in [0.05, 0.1) is 13.3 Å². The lowest BCUT2D eigenvalue weighted by molar-refractivity contribution is 0.157. The second kappa shape index (κ2) is 7.25. The van der Waals surface area contributed by atoms with E-state index in [1.165, 1.54) is 11.1 Å². The Kier molecular flexibility index (Phi) is 5.64. The summed E-state index contributed by atoms with van der Waals surface area (Å²) in [6.07, 6.45) is 1.56. The van der Waals surface area contributed by atoms with Gasteiger partial charge in [0.15, 0.2) is 0 Å². The predicted molar refractivity (Wildman–Crippen MR) is 80.7 cm³/mol. The molecule has 0 radical (unpaired) electrons. The zero-order valence-corrected chi connectivity index (χ0v) is 12.4. The topological polar surface area (TPSA) is 24.5 Å². The van der Waals surface area contributed by atoms with Crippen molar-refractivity contribution >= 4 is 12.4 Å². The van der Waals surface area contributed by atoms with E-state index in [2.05, 4.69) is 22.3 Å². The maximum absolute atomic E-state index is 12.9. The molecule has 1 fully saturated rings. The Balaban J connectivity index is 0.00000147. The molecule has 1 atom stereocenters. The molecule has 20 heavy (non-hydrogen) atoms. The van der Waals surface area contributed by atoms with Crippen molar-refractivity contribution in [3.05, 3.63) is 29.3 Å². The molecule has 2 aliphatic rings. The Morgan fingerprint density at radius 1 is 1.30 bits per heavy atom. The molecular weight excluding hydrogens is 279 g/mol. The zero-order valence-electron chi connectivity index (χ0n) is 11.6. The third-order valence-corrected chi connectivity index (χ3v) is 4.07. The first-order valence-electron chi connectivity index (χ1n) is 7.15. The van der Waals surface area contributed by atoms with E-state index in [0.717, 1.165) is 45.0 Å². The molecule has 1 aromatic carbocycles. The standard InChI is InChI=1S/C15H21FN2O.ClH/c16-5-3-14(18-8-6-17-7-9-18)12-1-2-15-13(11-12)4-10-19-15;/h1-2,11,14,17H,3-10H2;1H/t14-;/m1./s1. The smallest absolute Gasteiger partial charge is 0.122 e. The normalized spacial score (nSPS) is 19.9. The highest BCUT2D eigenvalue weighted by molar-refractivity contribution is 5.85. The van der Waals surface area contributed by atoms with Crippen molar-refractivity contribution in [3.8, 4) is 5.75 Å². The van der Waals surface area contributed by atoms with Crippen LogP contribution in [0, 0.1) is 0 Å². The molecule has 1 saturated heterocycles. The summed E-state index contributed by atoms with van der Waals surface area (Å²) < 4.78 is 18.4. The number of halogens is 2. The predicted octanol–water partition coefficient (Wildman–Crippen LogP) is 2.35. The minimum Gasteiger partial charge on any atom is -0.493 e. The monoisotopic (exact) mass is 300 g/mol. The van der Waals surface area contributed by atoms with Gasteiger partial charge in [-0.3, -0.25) is 9.29 Å². The van der Waals surface area contributed by atoms with Crippen LogP contribution in [-0.4, -0.2) is 44.4 Å². The molecule has 3 nitrogen and oxygen atoms in total. The fraction of sp³-hybridized carbons (Fsp3) is 0.600. The maximum atomic E-state index is 12.9. The fourth-order valence-corrected chi connectivity index (χ4v) is 3.07. The van der Waals surface area contributed by atoms with Gasteiger partial charge in [-0.1, -0.05) is 12.1 Å². The van der Waals surface area contributed by atoms with Gasteiger partial charge in [-0.05, 0) is 23.6 Å². The summed E-state index contributed by atoms with van der Waals surface area (Å²) in [5.41, 5.74) is 2.51. The third kappa shape index (κ3) is 3.25. The Morgan fingerprint density at radius 2 is 2.10 bits per heavy atom. The lowest BCUT2D eigenvalue weighted by atomic mass is 9.98. The van der Waals surface area contributed by atoms with Crippen molar-refractivity contribution in [1.82, 2.24) is 10.2 Å². The minimum absolute atomic E-state index is 0. The second-order valence-electron chi connectivity index (χ2n) is 5.25. The number of hydrogen-bond acceptors (Lipinski definition) is 3. The highest BCUT2D eigenvalue weighted by Crippen LogP contribution is 2.31. The molecule has 0 bridgehead atoms. The third-order valence-electron chi connectivity index (χ3n) is 4.07. The molecule has 5 heteroatoms. The van der Waals surface area contributed by atoms with E-state index >= 15 is 0 Å². The van der Waals surface area contributed by atoms with Gasteiger partial charge in [-0.25, -0.2) is 0 Å². The largest absolute Gasteiger partial charge is 0.493 e. The molecule has 0 aliphatic carbocycles. The van der Waals surface area contributed by atoms with Gasteiger partial charge in [-0.2, -0.15) is 0 Å². The second-order valence-corrected chi connectivity index (χ2v) is 5.25. The summed E-state index contributed by atoms with van der Waals surface area (Å²) in [5, 5.41) is 3.35. The molecule has 1 aromatic rings. The first-order chi connectivity index (χ1) is 9.38. The van der Waals surface area contributed by atoms with Crippen LogP contribution >= 0.6 is 12.4 Å². The number of nitrogens with one attached hydrogen (secondary N) is 1. The van der Waals surface area contributed by atoms with Crippen molar-refractivity contribution in [2.45, 2.75) is 18.9 Å². The fourth-order valence-electron chi connectivity index (χ4n) is 3.07. The van der Waals surface area contributed by atoms with Crippen molar-refractivity contribution in [2.24, 2.45) is 0 Å². The molecule has 0 amide bonds. The lowest BCUT2D eigenvalue weighted by Crippen LogP contribution is -2.45. The van der Waals surface area contributed by atoms with E-state index in [1.807, 2.05) is 6.07 Å². The molecular formula is C15H22ClFN2O. The quantitative estimate of drug-likeness (QED) is 0.924. The van der Waals surface area contributed by atoms with Crippen LogP contribution < -0.4 is 10.1 Å². The number of rotatable bonds is 4. The average Bonchev–Trinajstić information content (AvgIpc) is 2.93. The lowest BCUT2D eigenvalue weighted by Gasteiger charge is -2.35. The Labute approximate surface area is 125 Å². The molecule has 112 valence electrons. The summed E-state index contributed by atoms with van der Waals surface area (Å²) in [5.74, 6) is 1.00. The van der Waals surface area contributed by atoms with Gasteiger partial charge in [0.1, 0.15) is 5.75 Å². The number of ether oxygens (including phenoxy) is 1. The molecule has 2 aliphatic heterocycles. The van der Waals surface area contributed by atoms with Gasteiger partial charge in [0.25, 0.3) is 0 Å². The van der Waals surface area contributed by atoms with Crippen LogP contribution in [0.2, 0.25) is 0 Å². The van der Waals surface area contributed by atoms with E-state index in [-0.39, 0.29) is 25.1 Å². The number of piperazine rings is 1. The van der Waals surface area contributed by atoms with Crippen molar-refractivity contribution in [3.63, 3.8) is 0 Å². The van der Waals surface area contributed by atoms with Crippen LogP contribution in [0.25, 0.3) is 0 Å². The number of fused-ring (bicyclic) bond motifs is 1. The Morgan fingerprint density at radius 3 is 2.85 bits per heavy atom. The zero-order chi connectivity index (χ0) is 13.1. The summed E-state index contributed by atoms with van der Waals surface area (Å²) in [6.45, 7) is 4.51. The SMILES string of the molecule is Cl.FCC[C@H](c1ccc2c(c1)CCO2)N1CCNCC1. The van der Waals surface area contributed by atoms with Crippen LogP contribution in [0.15, 0.2) is 18.2 Å². The number of nitrogens with zero attached hydrogens (tertiary/aromatic N) is 1. The van der Waals surface area contributed by atoms with Crippen LogP contribution in [0.5, 0.6) is 5.75 Å². The molecule has 2 heterocycles. The van der Waals surface area contributed by atoms with Gasteiger partial charge in [-0.15, -0.1) is 12.4 Å². The number of hydrogen-bond donors (Lipinski definition) is 1. The average molecular weight is 301 g/mol. The van der Waals surface area contributed by atoms with Crippen LogP contribution in [0.3, 0.4) is 0 Å². The highest BCUT2D eigenvalue weighted by Gasteiger charge is 2.23. The van der Waals surface area contributed by atoms with Crippen molar-refractivity contribution < 1.29 is 9.13 Å². The molecule has 3 rings (SSSR count). The molecule has 1 N–H and O–H groups in total. The molecule has 0 aromatic heterocycles.